The van der Waals surface area contributed by atoms with Crippen LogP contribution in [0.1, 0.15) is 68.2 Å². The first-order valence-electron chi connectivity index (χ1n) is 9.39. The number of hydrogen-bond donors (Lipinski definition) is 0. The normalized spacial score (nSPS) is 16.9. The van der Waals surface area contributed by atoms with Crippen molar-refractivity contribution in [2.24, 2.45) is 0 Å². The highest BCUT2D eigenvalue weighted by molar-refractivity contribution is 5.63. The van der Waals surface area contributed by atoms with Crippen LogP contribution >= 0.6 is 0 Å². The summed E-state index contributed by atoms with van der Waals surface area (Å²) in [6.07, 6.45) is 13.2. The van der Waals surface area contributed by atoms with Crippen molar-refractivity contribution in [2.75, 3.05) is 0 Å². The second kappa shape index (κ2) is 8.29. The molecular weight excluding hydrogens is 278 g/mol. The van der Waals surface area contributed by atoms with Crippen LogP contribution in [0, 0.1) is 6.92 Å². The van der Waals surface area contributed by atoms with E-state index in [1.54, 1.807) is 0 Å². The van der Waals surface area contributed by atoms with Gasteiger partial charge in [0.05, 0.1) is 5.69 Å². The lowest BCUT2D eigenvalue weighted by Gasteiger charge is -2.13. The van der Waals surface area contributed by atoms with E-state index >= 15 is 0 Å². The minimum absolute atomic E-state index is 1.12. The third-order valence-corrected chi connectivity index (χ3v) is 4.99. The summed E-state index contributed by atoms with van der Waals surface area (Å²) in [5, 5.41) is 0. The third kappa shape index (κ3) is 4.67. The molecule has 2 heterocycles. The third-order valence-electron chi connectivity index (χ3n) is 4.99. The highest BCUT2D eigenvalue weighted by atomic mass is 14.7. The maximum Gasteiger partial charge on any atom is 0.0737 e. The van der Waals surface area contributed by atoms with Gasteiger partial charge in [-0.25, -0.2) is 0 Å². The molecule has 0 unspecified atom stereocenters. The van der Waals surface area contributed by atoms with Crippen LogP contribution in [0.5, 0.6) is 0 Å². The fraction of sp³-hybridized carbons (Fsp3) is 0.500. The van der Waals surface area contributed by atoms with E-state index in [2.05, 4.69) is 43.3 Å². The Hall–Kier alpha value is -1.63. The van der Waals surface area contributed by atoms with E-state index in [1.165, 1.54) is 79.4 Å². The number of benzene rings is 1. The van der Waals surface area contributed by atoms with Crippen LogP contribution in [0.15, 0.2) is 36.4 Å². The van der Waals surface area contributed by atoms with Gasteiger partial charge < -0.3 is 0 Å². The Morgan fingerprint density at radius 3 is 1.96 bits per heavy atom. The summed E-state index contributed by atoms with van der Waals surface area (Å²) in [5.41, 5.74) is 6.50. The van der Waals surface area contributed by atoms with Gasteiger partial charge in [-0.2, -0.15) is 0 Å². The van der Waals surface area contributed by atoms with Crippen LogP contribution < -0.4 is 0 Å². The summed E-state index contributed by atoms with van der Waals surface area (Å²) in [4.78, 5) is 5.04. The Morgan fingerprint density at radius 2 is 1.26 bits per heavy atom. The van der Waals surface area contributed by atoms with Gasteiger partial charge in [0.2, 0.25) is 0 Å². The molecule has 1 aliphatic heterocycles. The molecule has 0 radical (unpaired) electrons. The molecule has 0 atom stereocenters. The Kier molecular flexibility index (Phi) is 5.85. The number of aromatic nitrogens is 1. The number of fused-ring (bicyclic) bond motifs is 11. The fourth-order valence-corrected chi connectivity index (χ4v) is 3.51. The molecule has 0 spiro atoms. The molecule has 1 aromatic heterocycles. The molecule has 1 heteroatoms. The van der Waals surface area contributed by atoms with Crippen molar-refractivity contribution in [3.8, 4) is 11.3 Å². The van der Waals surface area contributed by atoms with Crippen LogP contribution in [-0.2, 0) is 12.8 Å². The largest absolute Gasteiger partial charge is 0.253 e. The van der Waals surface area contributed by atoms with Crippen molar-refractivity contribution in [1.29, 1.82) is 0 Å². The lowest BCUT2D eigenvalue weighted by atomic mass is 9.97. The van der Waals surface area contributed by atoms with E-state index in [-0.39, 0.29) is 0 Å². The standard InChI is InChI=1S/C22H29N/c1-18-12-14-20(15-13-18)22-19-10-8-6-4-2-3-5-7-9-11-21(23-22)17-16-19/h12-17H,2-11H2,1H3. The molecule has 0 saturated carbocycles. The number of pyridine rings is 1. The quantitative estimate of drug-likeness (QED) is 0.604. The zero-order valence-electron chi connectivity index (χ0n) is 14.5. The van der Waals surface area contributed by atoms with Crippen molar-refractivity contribution in [3.05, 3.63) is 53.2 Å². The van der Waals surface area contributed by atoms with E-state index in [0.29, 0.717) is 0 Å². The highest BCUT2D eigenvalue weighted by Gasteiger charge is 2.09. The van der Waals surface area contributed by atoms with Crippen molar-refractivity contribution in [1.82, 2.24) is 4.98 Å². The summed E-state index contributed by atoms with van der Waals surface area (Å²) >= 11 is 0. The molecular formula is C22H29N. The maximum atomic E-state index is 5.04. The minimum Gasteiger partial charge on any atom is -0.253 e. The van der Waals surface area contributed by atoms with E-state index < -0.39 is 0 Å². The van der Waals surface area contributed by atoms with Gasteiger partial charge in [-0.15, -0.1) is 0 Å². The molecule has 0 N–H and O–H groups in total. The molecule has 0 fully saturated rings. The maximum absolute atomic E-state index is 5.04. The molecule has 2 aromatic rings. The number of hydrogen-bond acceptors (Lipinski definition) is 1. The number of rotatable bonds is 1. The summed E-state index contributed by atoms with van der Waals surface area (Å²) in [6, 6.07) is 13.5. The Balaban J connectivity index is 1.88. The summed E-state index contributed by atoms with van der Waals surface area (Å²) in [6.45, 7) is 2.15. The van der Waals surface area contributed by atoms with E-state index in [9.17, 15) is 0 Å². The Bertz CT molecular complexity index is 612. The fourth-order valence-electron chi connectivity index (χ4n) is 3.51. The van der Waals surface area contributed by atoms with Crippen LogP contribution in [0.25, 0.3) is 11.3 Å². The van der Waals surface area contributed by atoms with Gasteiger partial charge >= 0.3 is 0 Å². The molecule has 1 nitrogen and oxygen atoms in total. The molecule has 4 rings (SSSR count). The van der Waals surface area contributed by atoms with Crippen molar-refractivity contribution in [3.63, 3.8) is 0 Å². The molecule has 0 saturated heterocycles. The van der Waals surface area contributed by atoms with E-state index in [0.717, 1.165) is 12.8 Å². The zero-order chi connectivity index (χ0) is 15.9. The molecule has 0 amide bonds. The Labute approximate surface area is 141 Å². The molecule has 2 aliphatic rings. The number of nitrogens with zero attached hydrogens (tertiary/aromatic N) is 1. The van der Waals surface area contributed by atoms with Crippen LogP contribution in [-0.4, -0.2) is 4.98 Å². The second-order valence-corrected chi connectivity index (χ2v) is 7.00. The molecule has 1 aliphatic carbocycles. The van der Waals surface area contributed by atoms with Gasteiger partial charge in [0, 0.05) is 11.3 Å². The van der Waals surface area contributed by atoms with E-state index in [1.807, 2.05) is 0 Å². The van der Waals surface area contributed by atoms with E-state index in [4.69, 9.17) is 4.98 Å². The van der Waals surface area contributed by atoms with Crippen molar-refractivity contribution < 1.29 is 0 Å². The monoisotopic (exact) mass is 307 g/mol. The van der Waals surface area contributed by atoms with Gasteiger partial charge in [-0.1, -0.05) is 74.4 Å². The first kappa shape index (κ1) is 16.2. The van der Waals surface area contributed by atoms with Gasteiger partial charge in [-0.05, 0) is 44.2 Å². The molecule has 1 aromatic carbocycles. The van der Waals surface area contributed by atoms with Crippen LogP contribution in [0.2, 0.25) is 0 Å². The lowest BCUT2D eigenvalue weighted by molar-refractivity contribution is 0.564. The lowest BCUT2D eigenvalue weighted by Crippen LogP contribution is -2.00. The SMILES string of the molecule is Cc1ccc(-c2nc3ccc2CCCCCCCCCC3)cc1. The smallest absolute Gasteiger partial charge is 0.0737 e. The average Bonchev–Trinajstić information content (AvgIpc) is 2.58. The van der Waals surface area contributed by atoms with Crippen LogP contribution in [0.4, 0.5) is 0 Å². The molecule has 23 heavy (non-hydrogen) atoms. The Morgan fingerprint density at radius 1 is 0.652 bits per heavy atom. The van der Waals surface area contributed by atoms with Crippen molar-refractivity contribution >= 4 is 0 Å². The minimum atomic E-state index is 1.12. The summed E-state index contributed by atoms with van der Waals surface area (Å²) < 4.78 is 0. The van der Waals surface area contributed by atoms with Gasteiger partial charge in [0.25, 0.3) is 0 Å². The first-order valence-corrected chi connectivity index (χ1v) is 9.39. The molecule has 2 bridgehead atoms. The molecule has 122 valence electrons. The highest BCUT2D eigenvalue weighted by Crippen LogP contribution is 2.25. The average molecular weight is 307 g/mol. The first-order chi connectivity index (χ1) is 11.3. The zero-order valence-corrected chi connectivity index (χ0v) is 14.5. The predicted molar refractivity (Wildman–Crippen MR) is 98.8 cm³/mol. The summed E-state index contributed by atoms with van der Waals surface area (Å²) in [5.74, 6) is 0. The predicted octanol–water partition coefficient (Wildman–Crippen LogP) is 6.28. The summed E-state index contributed by atoms with van der Waals surface area (Å²) in [7, 11) is 0. The van der Waals surface area contributed by atoms with Gasteiger partial charge in [-0.3, -0.25) is 4.98 Å². The van der Waals surface area contributed by atoms with Crippen molar-refractivity contribution in [2.45, 2.75) is 71.1 Å². The van der Waals surface area contributed by atoms with Crippen LogP contribution in [0.3, 0.4) is 0 Å². The topological polar surface area (TPSA) is 12.9 Å². The van der Waals surface area contributed by atoms with Gasteiger partial charge in [0.15, 0.2) is 0 Å². The number of aryl methyl sites for hydroxylation is 3. The second-order valence-electron chi connectivity index (χ2n) is 7.00. The van der Waals surface area contributed by atoms with Gasteiger partial charge in [0.1, 0.15) is 0 Å².